The first-order chi connectivity index (χ1) is 12.1. The molecule has 0 bridgehead atoms. The number of carbonyl (C=O) groups is 3. The molecule has 1 saturated heterocycles. The number of nitrogens with one attached hydrogen (secondary N) is 2. The average Bonchev–Trinajstić information content (AvgIpc) is 3.06. The summed E-state index contributed by atoms with van der Waals surface area (Å²) in [7, 11) is 0. The quantitative estimate of drug-likeness (QED) is 0.878. The van der Waals surface area contributed by atoms with Crippen molar-refractivity contribution in [3.63, 3.8) is 0 Å². The van der Waals surface area contributed by atoms with Crippen molar-refractivity contribution in [2.24, 2.45) is 0 Å². The molecule has 1 heterocycles. The second kappa shape index (κ2) is 7.61. The summed E-state index contributed by atoms with van der Waals surface area (Å²) in [4.78, 5) is 37.5. The van der Waals surface area contributed by atoms with Crippen molar-refractivity contribution in [1.29, 1.82) is 0 Å². The Hall–Kier alpha value is -3.15. The van der Waals surface area contributed by atoms with Gasteiger partial charge in [-0.15, -0.1) is 0 Å². The molecule has 6 heteroatoms. The van der Waals surface area contributed by atoms with Crippen molar-refractivity contribution in [2.75, 3.05) is 23.3 Å². The van der Waals surface area contributed by atoms with Crippen LogP contribution in [-0.4, -0.2) is 30.8 Å². The summed E-state index contributed by atoms with van der Waals surface area (Å²) in [6.07, 6.45) is 1.41. The molecule has 3 rings (SSSR count). The maximum Gasteiger partial charge on any atom is 0.251 e. The summed E-state index contributed by atoms with van der Waals surface area (Å²) >= 11 is 0. The largest absolute Gasteiger partial charge is 0.343 e. The van der Waals surface area contributed by atoms with Crippen LogP contribution >= 0.6 is 0 Å². The zero-order chi connectivity index (χ0) is 17.6. The fourth-order valence-electron chi connectivity index (χ4n) is 2.73. The third kappa shape index (κ3) is 4.23. The predicted molar refractivity (Wildman–Crippen MR) is 95.4 cm³/mol. The molecule has 0 spiro atoms. The van der Waals surface area contributed by atoms with E-state index >= 15 is 0 Å². The van der Waals surface area contributed by atoms with Crippen LogP contribution in [0.3, 0.4) is 0 Å². The van der Waals surface area contributed by atoms with Crippen LogP contribution in [0, 0.1) is 0 Å². The second-order valence-corrected chi connectivity index (χ2v) is 5.80. The van der Waals surface area contributed by atoms with Gasteiger partial charge in [-0.05, 0) is 36.8 Å². The van der Waals surface area contributed by atoms with Crippen molar-refractivity contribution in [3.8, 4) is 0 Å². The van der Waals surface area contributed by atoms with E-state index in [2.05, 4.69) is 10.6 Å². The molecule has 1 fully saturated rings. The van der Waals surface area contributed by atoms with E-state index in [1.807, 2.05) is 12.1 Å². The second-order valence-electron chi connectivity index (χ2n) is 5.80. The minimum atomic E-state index is -0.325. The topological polar surface area (TPSA) is 78.5 Å². The van der Waals surface area contributed by atoms with Crippen LogP contribution in [0.5, 0.6) is 0 Å². The third-order valence-electron chi connectivity index (χ3n) is 3.96. The third-order valence-corrected chi connectivity index (χ3v) is 3.96. The molecule has 0 aliphatic carbocycles. The first kappa shape index (κ1) is 16.7. The van der Waals surface area contributed by atoms with Gasteiger partial charge in [0.25, 0.3) is 5.91 Å². The highest BCUT2D eigenvalue weighted by Gasteiger charge is 2.21. The molecular formula is C19H19N3O3. The predicted octanol–water partition coefficient (Wildman–Crippen LogP) is 2.18. The SMILES string of the molecule is O=C(CNC(=O)c1ccccc1)Nc1cccc(N2CCCC2=O)c1. The number of hydrogen-bond donors (Lipinski definition) is 2. The first-order valence-electron chi connectivity index (χ1n) is 8.17. The molecule has 0 atom stereocenters. The van der Waals surface area contributed by atoms with Crippen LogP contribution in [0.1, 0.15) is 23.2 Å². The Kier molecular flexibility index (Phi) is 5.09. The summed E-state index contributed by atoms with van der Waals surface area (Å²) in [5.41, 5.74) is 1.87. The lowest BCUT2D eigenvalue weighted by Crippen LogP contribution is -2.32. The molecule has 2 aromatic carbocycles. The fraction of sp³-hybridized carbons (Fsp3) is 0.211. The molecule has 25 heavy (non-hydrogen) atoms. The lowest BCUT2D eigenvalue weighted by atomic mass is 10.2. The number of benzene rings is 2. The monoisotopic (exact) mass is 337 g/mol. The molecule has 0 unspecified atom stereocenters. The highest BCUT2D eigenvalue weighted by molar-refractivity contribution is 6.00. The van der Waals surface area contributed by atoms with Gasteiger partial charge in [-0.2, -0.15) is 0 Å². The number of rotatable bonds is 5. The van der Waals surface area contributed by atoms with Gasteiger partial charge in [0.2, 0.25) is 11.8 Å². The molecule has 2 N–H and O–H groups in total. The highest BCUT2D eigenvalue weighted by atomic mass is 16.2. The summed E-state index contributed by atoms with van der Waals surface area (Å²) in [5, 5.41) is 5.32. The number of anilines is 2. The Morgan fingerprint density at radius 3 is 2.56 bits per heavy atom. The minimum Gasteiger partial charge on any atom is -0.343 e. The van der Waals surface area contributed by atoms with Gasteiger partial charge in [-0.1, -0.05) is 24.3 Å². The summed E-state index contributed by atoms with van der Waals surface area (Å²) < 4.78 is 0. The van der Waals surface area contributed by atoms with Crippen LogP contribution in [0.2, 0.25) is 0 Å². The van der Waals surface area contributed by atoms with Crippen molar-refractivity contribution in [3.05, 3.63) is 60.2 Å². The zero-order valence-corrected chi connectivity index (χ0v) is 13.7. The highest BCUT2D eigenvalue weighted by Crippen LogP contribution is 2.24. The van der Waals surface area contributed by atoms with Gasteiger partial charge in [-0.3, -0.25) is 14.4 Å². The molecule has 0 aromatic heterocycles. The molecule has 6 nitrogen and oxygen atoms in total. The Balaban J connectivity index is 1.56. The summed E-state index contributed by atoms with van der Waals surface area (Å²) in [6.45, 7) is 0.573. The first-order valence-corrected chi connectivity index (χ1v) is 8.17. The van der Waals surface area contributed by atoms with Gasteiger partial charge >= 0.3 is 0 Å². The zero-order valence-electron chi connectivity index (χ0n) is 13.7. The van der Waals surface area contributed by atoms with Crippen LogP contribution in [0.15, 0.2) is 54.6 Å². The lowest BCUT2D eigenvalue weighted by molar-refractivity contribution is -0.117. The Bertz CT molecular complexity index is 790. The molecule has 128 valence electrons. The lowest BCUT2D eigenvalue weighted by Gasteiger charge is -2.16. The molecule has 2 aromatic rings. The van der Waals surface area contributed by atoms with E-state index in [-0.39, 0.29) is 24.3 Å². The summed E-state index contributed by atoms with van der Waals surface area (Å²) in [5.74, 6) is -0.528. The summed E-state index contributed by atoms with van der Waals surface area (Å²) in [6, 6.07) is 15.9. The number of hydrogen-bond acceptors (Lipinski definition) is 3. The van der Waals surface area contributed by atoms with Gasteiger partial charge in [-0.25, -0.2) is 0 Å². The van der Waals surface area contributed by atoms with Crippen molar-refractivity contribution < 1.29 is 14.4 Å². The van der Waals surface area contributed by atoms with Gasteiger partial charge in [0, 0.05) is 29.9 Å². The van der Waals surface area contributed by atoms with E-state index < -0.39 is 0 Å². The van der Waals surface area contributed by atoms with Gasteiger partial charge in [0.1, 0.15) is 0 Å². The Morgan fingerprint density at radius 1 is 1.04 bits per heavy atom. The molecule has 1 aliphatic rings. The van der Waals surface area contributed by atoms with Crippen LogP contribution in [0.25, 0.3) is 0 Å². The molecule has 1 aliphatic heterocycles. The van der Waals surface area contributed by atoms with E-state index in [4.69, 9.17) is 0 Å². The maximum absolute atomic E-state index is 12.0. The van der Waals surface area contributed by atoms with Gasteiger partial charge in [0.05, 0.1) is 6.54 Å². The molecular weight excluding hydrogens is 318 g/mol. The number of nitrogens with zero attached hydrogens (tertiary/aromatic N) is 1. The smallest absolute Gasteiger partial charge is 0.251 e. The number of carbonyl (C=O) groups excluding carboxylic acids is 3. The van der Waals surface area contributed by atoms with E-state index in [9.17, 15) is 14.4 Å². The van der Waals surface area contributed by atoms with E-state index in [1.54, 1.807) is 47.4 Å². The van der Waals surface area contributed by atoms with Crippen LogP contribution < -0.4 is 15.5 Å². The van der Waals surface area contributed by atoms with Crippen molar-refractivity contribution in [2.45, 2.75) is 12.8 Å². The van der Waals surface area contributed by atoms with Gasteiger partial charge in [0.15, 0.2) is 0 Å². The minimum absolute atomic E-state index is 0.0959. The van der Waals surface area contributed by atoms with E-state index in [0.717, 1.165) is 12.1 Å². The van der Waals surface area contributed by atoms with Crippen LogP contribution in [0.4, 0.5) is 11.4 Å². The molecule has 0 radical (unpaired) electrons. The van der Waals surface area contributed by atoms with E-state index in [1.165, 1.54) is 0 Å². The standard InChI is InChI=1S/C19H19N3O3/c23-17(13-20-19(25)14-6-2-1-3-7-14)21-15-8-4-9-16(12-15)22-11-5-10-18(22)24/h1-4,6-9,12H,5,10-11,13H2,(H,20,25)(H,21,23). The Labute approximate surface area is 145 Å². The van der Waals surface area contributed by atoms with Crippen molar-refractivity contribution in [1.82, 2.24) is 5.32 Å². The normalized spacial score (nSPS) is 13.6. The molecule has 0 saturated carbocycles. The average molecular weight is 337 g/mol. The molecule has 3 amide bonds. The van der Waals surface area contributed by atoms with Crippen LogP contribution in [-0.2, 0) is 9.59 Å². The van der Waals surface area contributed by atoms with Gasteiger partial charge < -0.3 is 15.5 Å². The number of amides is 3. The van der Waals surface area contributed by atoms with E-state index in [0.29, 0.717) is 24.2 Å². The van der Waals surface area contributed by atoms with Crippen molar-refractivity contribution >= 4 is 29.1 Å². The Morgan fingerprint density at radius 2 is 1.84 bits per heavy atom. The maximum atomic E-state index is 12.0. The fourth-order valence-corrected chi connectivity index (χ4v) is 2.73.